The van der Waals surface area contributed by atoms with Gasteiger partial charge in [-0.05, 0) is 37.5 Å². The number of aromatic nitrogens is 7. The van der Waals surface area contributed by atoms with Gasteiger partial charge >= 0.3 is 0 Å². The summed E-state index contributed by atoms with van der Waals surface area (Å²) in [6.45, 7) is 2.07. The van der Waals surface area contributed by atoms with Gasteiger partial charge in [0.15, 0.2) is 11.5 Å². The first-order valence-electron chi connectivity index (χ1n) is 12.1. The molecule has 3 N–H and O–H groups in total. The van der Waals surface area contributed by atoms with E-state index >= 15 is 0 Å². The molecule has 1 aliphatic rings. The molecule has 9 nitrogen and oxygen atoms in total. The Kier molecular flexibility index (Phi) is 4.81. The average molecular weight is 487 g/mol. The van der Waals surface area contributed by atoms with Crippen LogP contribution in [0.5, 0.6) is 0 Å². The fourth-order valence-corrected chi connectivity index (χ4v) is 4.57. The third-order valence-electron chi connectivity index (χ3n) is 6.65. The van der Waals surface area contributed by atoms with Crippen LogP contribution in [0.1, 0.15) is 18.4 Å². The van der Waals surface area contributed by atoms with Crippen LogP contribution in [0.3, 0.4) is 0 Å². The highest BCUT2D eigenvalue weighted by molar-refractivity contribution is 5.97. The number of nitrogens with zero attached hydrogens (tertiary/aromatic N) is 5. The highest BCUT2D eigenvalue weighted by Crippen LogP contribution is 2.33. The van der Waals surface area contributed by atoms with Crippen LogP contribution >= 0.6 is 0 Å². The molecule has 7 rings (SSSR count). The summed E-state index contributed by atoms with van der Waals surface area (Å²) < 4.78 is 0. The summed E-state index contributed by atoms with van der Waals surface area (Å²) in [5.74, 6) is 0.806. The lowest BCUT2D eigenvalue weighted by molar-refractivity contribution is -0.117. The van der Waals surface area contributed by atoms with E-state index in [0.717, 1.165) is 51.5 Å². The molecule has 0 unspecified atom stereocenters. The molecular formula is C28H22N8O. The van der Waals surface area contributed by atoms with Gasteiger partial charge in [-0.15, -0.1) is 0 Å². The molecule has 37 heavy (non-hydrogen) atoms. The molecule has 5 aromatic heterocycles. The highest BCUT2D eigenvalue weighted by atomic mass is 16.2. The van der Waals surface area contributed by atoms with Gasteiger partial charge in [-0.2, -0.15) is 5.10 Å². The second kappa shape index (κ2) is 8.34. The third-order valence-corrected chi connectivity index (χ3v) is 6.65. The Labute approximate surface area is 211 Å². The molecule has 0 atom stereocenters. The van der Waals surface area contributed by atoms with E-state index in [9.17, 15) is 4.79 Å². The van der Waals surface area contributed by atoms with Crippen LogP contribution < -0.4 is 5.32 Å². The number of carbonyl (C=O) groups is 1. The van der Waals surface area contributed by atoms with Gasteiger partial charge in [0, 0.05) is 41.2 Å². The van der Waals surface area contributed by atoms with E-state index in [4.69, 9.17) is 4.98 Å². The summed E-state index contributed by atoms with van der Waals surface area (Å²) in [5, 5.41) is 11.3. The van der Waals surface area contributed by atoms with Gasteiger partial charge in [0.2, 0.25) is 5.91 Å². The molecule has 0 radical (unpaired) electrons. The number of rotatable bonds is 5. The number of pyridine rings is 3. The van der Waals surface area contributed by atoms with E-state index in [0.29, 0.717) is 22.9 Å². The van der Waals surface area contributed by atoms with Crippen molar-refractivity contribution in [1.82, 2.24) is 35.1 Å². The molecular weight excluding hydrogens is 464 g/mol. The lowest BCUT2D eigenvalue weighted by atomic mass is 10.0. The zero-order valence-corrected chi connectivity index (χ0v) is 20.0. The quantitative estimate of drug-likeness (QED) is 0.304. The van der Waals surface area contributed by atoms with Crippen molar-refractivity contribution < 1.29 is 4.79 Å². The Morgan fingerprint density at radius 2 is 1.84 bits per heavy atom. The van der Waals surface area contributed by atoms with E-state index in [-0.39, 0.29) is 11.8 Å². The number of amides is 1. The zero-order chi connectivity index (χ0) is 24.9. The van der Waals surface area contributed by atoms with Gasteiger partial charge in [-0.1, -0.05) is 29.8 Å². The van der Waals surface area contributed by atoms with Crippen molar-refractivity contribution in [3.05, 3.63) is 72.9 Å². The van der Waals surface area contributed by atoms with E-state index in [1.807, 2.05) is 24.4 Å². The van der Waals surface area contributed by atoms with Crippen molar-refractivity contribution in [2.24, 2.45) is 5.92 Å². The topological polar surface area (TPSA) is 125 Å². The van der Waals surface area contributed by atoms with Crippen LogP contribution in [0.4, 0.5) is 5.69 Å². The number of hydrogen-bond acceptors (Lipinski definition) is 6. The number of anilines is 1. The van der Waals surface area contributed by atoms with Crippen LogP contribution in [-0.2, 0) is 4.79 Å². The first kappa shape index (κ1) is 21.4. The number of H-pyrrole nitrogens is 2. The highest BCUT2D eigenvalue weighted by Gasteiger charge is 2.29. The average Bonchev–Trinajstić information content (AvgIpc) is 3.55. The molecule has 0 aliphatic heterocycles. The van der Waals surface area contributed by atoms with Crippen LogP contribution in [0.15, 0.2) is 67.4 Å². The van der Waals surface area contributed by atoms with Crippen molar-refractivity contribution in [2.75, 3.05) is 5.32 Å². The maximum atomic E-state index is 12.2. The Morgan fingerprint density at radius 1 is 0.973 bits per heavy atom. The Morgan fingerprint density at radius 3 is 2.70 bits per heavy atom. The number of fused-ring (bicyclic) bond motifs is 2. The summed E-state index contributed by atoms with van der Waals surface area (Å²) >= 11 is 0. The number of aryl methyl sites for hydroxylation is 1. The third kappa shape index (κ3) is 3.90. The first-order valence-corrected chi connectivity index (χ1v) is 12.1. The standard InChI is InChI=1S/C28H22N8O/c1-15-3-2-4-17(7-15)22-13-30-14-23-24(22)34-27(33-23)25-21-9-19(11-31-26(21)36-35-25)18-8-20(12-29-10-18)32-28(37)16-5-6-16/h2-4,7-14,16H,5-6H2,1H3,(H,32,37)(H,33,34)(H,31,35,36). The fraction of sp³-hybridized carbons (Fsp3) is 0.143. The van der Waals surface area contributed by atoms with Crippen molar-refractivity contribution in [3.8, 4) is 33.8 Å². The smallest absolute Gasteiger partial charge is 0.227 e. The lowest BCUT2D eigenvalue weighted by Gasteiger charge is -2.06. The first-order chi connectivity index (χ1) is 18.1. The van der Waals surface area contributed by atoms with Crippen LogP contribution in [0.2, 0.25) is 0 Å². The number of hydrogen-bond donors (Lipinski definition) is 3. The minimum absolute atomic E-state index is 0.0501. The Bertz CT molecular complexity index is 1810. The van der Waals surface area contributed by atoms with E-state index < -0.39 is 0 Å². The van der Waals surface area contributed by atoms with Crippen molar-refractivity contribution in [1.29, 1.82) is 0 Å². The second-order valence-corrected chi connectivity index (χ2v) is 9.46. The Hall–Kier alpha value is -4.92. The number of benzene rings is 1. The number of aromatic amines is 2. The predicted octanol–water partition coefficient (Wildman–Crippen LogP) is 5.28. The summed E-state index contributed by atoms with van der Waals surface area (Å²) in [6.07, 6.45) is 10.7. The maximum absolute atomic E-state index is 12.2. The number of imidazole rings is 1. The number of carbonyl (C=O) groups excluding carboxylic acids is 1. The minimum Gasteiger partial charge on any atom is -0.335 e. The van der Waals surface area contributed by atoms with Gasteiger partial charge in [0.05, 0.1) is 34.5 Å². The second-order valence-electron chi connectivity index (χ2n) is 9.46. The van der Waals surface area contributed by atoms with Crippen molar-refractivity contribution in [2.45, 2.75) is 19.8 Å². The molecule has 1 aromatic carbocycles. The molecule has 1 aliphatic carbocycles. The van der Waals surface area contributed by atoms with Crippen LogP contribution in [0, 0.1) is 12.8 Å². The Balaban J connectivity index is 1.28. The molecule has 180 valence electrons. The molecule has 1 amide bonds. The lowest BCUT2D eigenvalue weighted by Crippen LogP contribution is -2.13. The summed E-state index contributed by atoms with van der Waals surface area (Å²) in [7, 11) is 0. The SMILES string of the molecule is Cc1cccc(-c2cncc3[nH]c(-c4n[nH]c5ncc(-c6cncc(NC(=O)C7CC7)c6)cc45)nc23)c1. The molecule has 5 heterocycles. The van der Waals surface area contributed by atoms with E-state index in [1.165, 1.54) is 5.56 Å². The molecule has 6 aromatic rings. The molecule has 0 saturated heterocycles. The largest absolute Gasteiger partial charge is 0.335 e. The molecule has 1 fully saturated rings. The molecule has 0 bridgehead atoms. The van der Waals surface area contributed by atoms with E-state index in [1.54, 1.807) is 24.8 Å². The van der Waals surface area contributed by atoms with Gasteiger partial charge in [0.1, 0.15) is 5.69 Å². The van der Waals surface area contributed by atoms with Crippen LogP contribution in [-0.4, -0.2) is 41.0 Å². The molecule has 0 spiro atoms. The van der Waals surface area contributed by atoms with Crippen LogP contribution in [0.25, 0.3) is 55.8 Å². The molecule has 9 heteroatoms. The predicted molar refractivity (Wildman–Crippen MR) is 142 cm³/mol. The van der Waals surface area contributed by atoms with Crippen molar-refractivity contribution >= 4 is 33.7 Å². The van der Waals surface area contributed by atoms with Gasteiger partial charge in [-0.25, -0.2) is 9.97 Å². The minimum atomic E-state index is 0.0501. The van der Waals surface area contributed by atoms with Gasteiger partial charge in [-0.3, -0.25) is 19.9 Å². The fourth-order valence-electron chi connectivity index (χ4n) is 4.57. The monoisotopic (exact) mass is 486 g/mol. The molecule has 1 saturated carbocycles. The van der Waals surface area contributed by atoms with Gasteiger partial charge in [0.25, 0.3) is 0 Å². The summed E-state index contributed by atoms with van der Waals surface area (Å²) in [6, 6.07) is 12.2. The van der Waals surface area contributed by atoms with E-state index in [2.05, 4.69) is 60.6 Å². The summed E-state index contributed by atoms with van der Waals surface area (Å²) in [4.78, 5) is 33.8. The maximum Gasteiger partial charge on any atom is 0.227 e. The normalized spacial score (nSPS) is 13.3. The zero-order valence-electron chi connectivity index (χ0n) is 20.0. The number of nitrogens with one attached hydrogen (secondary N) is 3. The van der Waals surface area contributed by atoms with Gasteiger partial charge < -0.3 is 10.3 Å². The summed E-state index contributed by atoms with van der Waals surface area (Å²) in [5.41, 5.74) is 8.57. The van der Waals surface area contributed by atoms with Crippen molar-refractivity contribution in [3.63, 3.8) is 0 Å².